The number of aromatic hydroxyl groups is 1. The van der Waals surface area contributed by atoms with Crippen molar-refractivity contribution in [1.82, 2.24) is 9.71 Å². The molecule has 3 aromatic rings. The van der Waals surface area contributed by atoms with E-state index in [4.69, 9.17) is 0 Å². The van der Waals surface area contributed by atoms with E-state index in [1.165, 1.54) is 12.5 Å². The molecule has 40 heavy (non-hydrogen) atoms. The van der Waals surface area contributed by atoms with E-state index in [-0.39, 0.29) is 24.2 Å². The number of aromatic nitrogens is 1. The van der Waals surface area contributed by atoms with Crippen LogP contribution in [0, 0.1) is 29.1 Å². The molecule has 1 heterocycles. The van der Waals surface area contributed by atoms with Crippen LogP contribution in [0.15, 0.2) is 41.4 Å². The normalized spacial score (nSPS) is 13.8. The number of aromatic carboxylic acids is 1. The fourth-order valence-electron chi connectivity index (χ4n) is 4.48. The quantitative estimate of drug-likeness (QED) is 0.122. The maximum atomic E-state index is 14.0. The molecule has 0 bridgehead atoms. The minimum Gasteiger partial charge on any atom is -0.507 e. The molecule has 3 N–H and O–H groups in total. The summed E-state index contributed by atoms with van der Waals surface area (Å²) in [4.78, 5) is 29.0. The SMILES string of the molecule is O=C(O)c1ccc(N(Cc2ccc(C3CCCCC3)nc2)C(=O)CNSc2c(F)c(F)c(F)c(F)c2F)cc1O. The molecular formula is C27H24F5N3O4S. The zero-order chi connectivity index (χ0) is 29.0. The number of carbonyl (C=O) groups is 2. The van der Waals surface area contributed by atoms with Gasteiger partial charge in [-0.1, -0.05) is 25.3 Å². The number of amides is 1. The highest BCUT2D eigenvalue weighted by Crippen LogP contribution is 2.32. The molecule has 1 amide bonds. The molecule has 0 saturated heterocycles. The summed E-state index contributed by atoms with van der Waals surface area (Å²) < 4.78 is 70.6. The summed E-state index contributed by atoms with van der Waals surface area (Å²) in [5.41, 5.74) is 1.24. The molecule has 0 spiro atoms. The molecule has 1 aliphatic carbocycles. The van der Waals surface area contributed by atoms with E-state index in [2.05, 4.69) is 9.71 Å². The molecule has 0 radical (unpaired) electrons. The number of hydrogen-bond donors (Lipinski definition) is 3. The molecule has 1 aliphatic rings. The molecule has 0 aliphatic heterocycles. The summed E-state index contributed by atoms with van der Waals surface area (Å²) in [6, 6.07) is 7.13. The van der Waals surface area contributed by atoms with Gasteiger partial charge in [-0.2, -0.15) is 0 Å². The number of hydrogen-bond acceptors (Lipinski definition) is 6. The van der Waals surface area contributed by atoms with Gasteiger partial charge in [-0.15, -0.1) is 0 Å². The number of halogens is 5. The van der Waals surface area contributed by atoms with Gasteiger partial charge in [0.15, 0.2) is 23.3 Å². The van der Waals surface area contributed by atoms with Crippen molar-refractivity contribution in [2.75, 3.05) is 11.4 Å². The van der Waals surface area contributed by atoms with E-state index in [1.54, 1.807) is 12.3 Å². The number of phenols is 1. The van der Waals surface area contributed by atoms with Gasteiger partial charge in [0.05, 0.1) is 13.1 Å². The Labute approximate surface area is 230 Å². The molecule has 7 nitrogen and oxygen atoms in total. The van der Waals surface area contributed by atoms with Crippen LogP contribution in [0.25, 0.3) is 0 Å². The number of nitrogens with one attached hydrogen (secondary N) is 1. The second-order valence-corrected chi connectivity index (χ2v) is 10.1. The van der Waals surface area contributed by atoms with Gasteiger partial charge in [0.25, 0.3) is 0 Å². The molecule has 212 valence electrons. The van der Waals surface area contributed by atoms with E-state index in [0.29, 0.717) is 11.5 Å². The van der Waals surface area contributed by atoms with Crippen molar-refractivity contribution in [3.05, 3.63) is 82.4 Å². The van der Waals surface area contributed by atoms with Crippen LogP contribution in [0.4, 0.5) is 27.6 Å². The number of nitrogens with zero attached hydrogens (tertiary/aromatic N) is 2. The summed E-state index contributed by atoms with van der Waals surface area (Å²) in [6.45, 7) is -0.698. The molecule has 0 atom stereocenters. The predicted molar refractivity (Wildman–Crippen MR) is 136 cm³/mol. The van der Waals surface area contributed by atoms with E-state index in [0.717, 1.165) is 48.4 Å². The minimum atomic E-state index is -2.30. The standard InChI is InChI=1S/C27H24F5N3O4S/c28-21-22(29)24(31)26(25(32)23(21)30)40-34-12-20(37)35(16-7-8-17(27(38)39)19(36)10-16)13-14-6-9-18(33-11-14)15-4-2-1-3-5-15/h6-11,15,34,36H,1-5,12-13H2,(H,38,39). The molecule has 1 aromatic heterocycles. The average Bonchev–Trinajstić information content (AvgIpc) is 2.96. The fraction of sp³-hybridized carbons (Fsp3) is 0.296. The van der Waals surface area contributed by atoms with Crippen molar-refractivity contribution in [2.24, 2.45) is 0 Å². The van der Waals surface area contributed by atoms with Crippen LogP contribution in [0.2, 0.25) is 0 Å². The molecule has 13 heteroatoms. The smallest absolute Gasteiger partial charge is 0.339 e. The summed E-state index contributed by atoms with van der Waals surface area (Å²) in [6.07, 6.45) is 7.13. The van der Waals surface area contributed by atoms with Gasteiger partial charge in [0.1, 0.15) is 16.2 Å². The van der Waals surface area contributed by atoms with Crippen LogP contribution in [-0.4, -0.2) is 33.6 Å². The Morgan fingerprint density at radius 2 is 1.60 bits per heavy atom. The van der Waals surface area contributed by atoms with E-state index < -0.39 is 63.7 Å². The van der Waals surface area contributed by atoms with Gasteiger partial charge in [-0.3, -0.25) is 14.5 Å². The maximum absolute atomic E-state index is 14.0. The molecular weight excluding hydrogens is 557 g/mol. The number of pyridine rings is 1. The van der Waals surface area contributed by atoms with Crippen molar-refractivity contribution in [2.45, 2.75) is 49.5 Å². The molecule has 1 saturated carbocycles. The third-order valence-corrected chi connectivity index (χ3v) is 7.45. The molecule has 4 rings (SSSR count). The third kappa shape index (κ3) is 6.36. The van der Waals surface area contributed by atoms with Crippen LogP contribution in [0.1, 0.15) is 59.6 Å². The van der Waals surface area contributed by atoms with E-state index in [9.17, 15) is 41.8 Å². The Kier molecular flexibility index (Phi) is 9.25. The van der Waals surface area contributed by atoms with Crippen LogP contribution < -0.4 is 9.62 Å². The lowest BCUT2D eigenvalue weighted by atomic mass is 9.86. The number of carboxylic acids is 1. The van der Waals surface area contributed by atoms with Crippen LogP contribution in [0.5, 0.6) is 5.75 Å². The number of carboxylic acid groups (broad SMARTS) is 1. The van der Waals surface area contributed by atoms with Crippen LogP contribution in [0.3, 0.4) is 0 Å². The fourth-order valence-corrected chi connectivity index (χ4v) is 5.18. The van der Waals surface area contributed by atoms with Gasteiger partial charge < -0.3 is 15.1 Å². The van der Waals surface area contributed by atoms with Crippen molar-refractivity contribution >= 4 is 29.5 Å². The van der Waals surface area contributed by atoms with Crippen molar-refractivity contribution < 1.29 is 41.8 Å². The van der Waals surface area contributed by atoms with Crippen LogP contribution in [-0.2, 0) is 11.3 Å². The van der Waals surface area contributed by atoms with Gasteiger partial charge in [-0.25, -0.2) is 26.7 Å². The third-order valence-electron chi connectivity index (χ3n) is 6.60. The summed E-state index contributed by atoms with van der Waals surface area (Å²) >= 11 is 0.0516. The summed E-state index contributed by atoms with van der Waals surface area (Å²) in [5, 5.41) is 19.4. The highest BCUT2D eigenvalue weighted by atomic mass is 32.2. The predicted octanol–water partition coefficient (Wildman–Crippen LogP) is 6.06. The zero-order valence-corrected chi connectivity index (χ0v) is 21.7. The van der Waals surface area contributed by atoms with Crippen molar-refractivity contribution in [3.63, 3.8) is 0 Å². The number of benzene rings is 2. The lowest BCUT2D eigenvalue weighted by Gasteiger charge is -2.24. The molecule has 2 aromatic carbocycles. The van der Waals surface area contributed by atoms with Crippen molar-refractivity contribution in [1.29, 1.82) is 0 Å². The maximum Gasteiger partial charge on any atom is 0.339 e. The van der Waals surface area contributed by atoms with Gasteiger partial charge in [0, 0.05) is 29.6 Å². The Hall–Kier alpha value is -3.71. The topological polar surface area (TPSA) is 103 Å². The molecule has 0 unspecified atom stereocenters. The highest BCUT2D eigenvalue weighted by Gasteiger charge is 2.27. The highest BCUT2D eigenvalue weighted by molar-refractivity contribution is 7.97. The van der Waals surface area contributed by atoms with Gasteiger partial charge in [0.2, 0.25) is 11.7 Å². The Morgan fingerprint density at radius 3 is 2.17 bits per heavy atom. The number of rotatable bonds is 9. The van der Waals surface area contributed by atoms with E-state index >= 15 is 0 Å². The number of carbonyl (C=O) groups excluding carboxylic acids is 1. The second-order valence-electron chi connectivity index (χ2n) is 9.23. The first-order valence-corrected chi connectivity index (χ1v) is 13.1. The largest absolute Gasteiger partial charge is 0.507 e. The first-order valence-electron chi connectivity index (χ1n) is 12.3. The molecule has 1 fully saturated rings. The first kappa shape index (κ1) is 29.3. The van der Waals surface area contributed by atoms with E-state index in [1.807, 2.05) is 6.07 Å². The van der Waals surface area contributed by atoms with Gasteiger partial charge >= 0.3 is 5.97 Å². The minimum absolute atomic E-state index is 0.0516. The number of anilines is 1. The lowest BCUT2D eigenvalue weighted by molar-refractivity contribution is -0.117. The summed E-state index contributed by atoms with van der Waals surface area (Å²) in [5.74, 6) is -13.0. The van der Waals surface area contributed by atoms with Gasteiger partial charge in [-0.05, 0) is 48.6 Å². The zero-order valence-electron chi connectivity index (χ0n) is 20.9. The van der Waals surface area contributed by atoms with Crippen molar-refractivity contribution in [3.8, 4) is 5.75 Å². The first-order chi connectivity index (χ1) is 19.1. The second kappa shape index (κ2) is 12.6. The lowest BCUT2D eigenvalue weighted by Crippen LogP contribution is -2.36. The Morgan fingerprint density at radius 1 is 0.950 bits per heavy atom. The summed E-state index contributed by atoms with van der Waals surface area (Å²) in [7, 11) is 0. The average molecular weight is 582 g/mol. The van der Waals surface area contributed by atoms with Crippen LogP contribution >= 0.6 is 11.9 Å². The Balaban J connectivity index is 1.54. The monoisotopic (exact) mass is 581 g/mol. The Bertz CT molecular complexity index is 1390.